The van der Waals surface area contributed by atoms with Gasteiger partial charge in [0.05, 0.1) is 13.8 Å². The molecule has 0 saturated carbocycles. The number of methoxy groups -OCH3 is 1. The molecule has 0 aliphatic carbocycles. The molecule has 28 heavy (non-hydrogen) atoms. The van der Waals surface area contributed by atoms with Gasteiger partial charge in [-0.2, -0.15) is 5.10 Å². The number of benzene rings is 2. The molecule has 5 nitrogen and oxygen atoms in total. The Kier molecular flexibility index (Phi) is 5.41. The van der Waals surface area contributed by atoms with E-state index in [9.17, 15) is 0 Å². The molecule has 1 aliphatic rings. The highest BCUT2D eigenvalue weighted by Crippen LogP contribution is 2.23. The van der Waals surface area contributed by atoms with Crippen LogP contribution in [0.5, 0.6) is 5.75 Å². The molecule has 0 radical (unpaired) electrons. The molecule has 144 valence electrons. The van der Waals surface area contributed by atoms with Crippen molar-refractivity contribution in [2.45, 2.75) is 26.2 Å². The third-order valence-electron chi connectivity index (χ3n) is 5.13. The molecule has 1 aliphatic heterocycles. The lowest BCUT2D eigenvalue weighted by Gasteiger charge is -2.28. The molecule has 4 rings (SSSR count). The maximum Gasteiger partial charge on any atom is 0.199 e. The van der Waals surface area contributed by atoms with Gasteiger partial charge < -0.3 is 4.74 Å². The predicted octanol–water partition coefficient (Wildman–Crippen LogP) is 4.29. The second-order valence-electron chi connectivity index (χ2n) is 6.95. The van der Waals surface area contributed by atoms with E-state index in [2.05, 4.69) is 35.7 Å². The lowest BCUT2D eigenvalue weighted by Crippen LogP contribution is -2.32. The van der Waals surface area contributed by atoms with Crippen LogP contribution in [-0.4, -0.2) is 32.9 Å². The summed E-state index contributed by atoms with van der Waals surface area (Å²) >= 11 is 5.74. The average Bonchev–Trinajstić information content (AvgIpc) is 3.04. The first-order valence-electron chi connectivity index (χ1n) is 9.41. The van der Waals surface area contributed by atoms with Gasteiger partial charge >= 0.3 is 0 Å². The minimum Gasteiger partial charge on any atom is -0.497 e. The quantitative estimate of drug-likeness (QED) is 0.463. The van der Waals surface area contributed by atoms with E-state index >= 15 is 0 Å². The van der Waals surface area contributed by atoms with Crippen molar-refractivity contribution >= 4 is 12.2 Å². The minimum absolute atomic E-state index is 0.628. The zero-order valence-corrected chi connectivity index (χ0v) is 16.9. The number of nitrogens with zero attached hydrogens (tertiary/aromatic N) is 4. The van der Waals surface area contributed by atoms with Crippen LogP contribution < -0.4 is 4.74 Å². The first-order chi connectivity index (χ1) is 13.7. The second kappa shape index (κ2) is 8.12. The fraction of sp³-hybridized carbons (Fsp3) is 0.273. The summed E-state index contributed by atoms with van der Waals surface area (Å²) in [5, 5.41) is 4.85. The summed E-state index contributed by atoms with van der Waals surface area (Å²) in [6.45, 7) is 7.11. The zero-order valence-electron chi connectivity index (χ0n) is 16.0. The van der Waals surface area contributed by atoms with E-state index in [0.29, 0.717) is 18.0 Å². The Morgan fingerprint density at radius 1 is 1.14 bits per heavy atom. The van der Waals surface area contributed by atoms with Crippen molar-refractivity contribution in [2.24, 2.45) is 0 Å². The Labute approximate surface area is 170 Å². The van der Waals surface area contributed by atoms with Gasteiger partial charge in [-0.1, -0.05) is 30.3 Å². The van der Waals surface area contributed by atoms with E-state index in [4.69, 9.17) is 22.1 Å². The molecular weight excluding hydrogens is 368 g/mol. The van der Waals surface area contributed by atoms with Gasteiger partial charge in [-0.25, -0.2) is 4.68 Å². The molecule has 0 spiro atoms. The summed E-state index contributed by atoms with van der Waals surface area (Å²) in [5.41, 5.74) is 3.84. The molecule has 3 aromatic rings. The molecule has 0 bridgehead atoms. The summed E-state index contributed by atoms with van der Waals surface area (Å²) in [6, 6.07) is 16.6. The Balaban J connectivity index is 1.63. The molecule has 0 unspecified atom stereocenters. The largest absolute Gasteiger partial charge is 0.497 e. The predicted molar refractivity (Wildman–Crippen MR) is 114 cm³/mol. The summed E-state index contributed by atoms with van der Waals surface area (Å²) in [4.78, 5) is 2.39. The number of hydrogen-bond donors (Lipinski definition) is 0. The molecule has 0 atom stereocenters. The topological polar surface area (TPSA) is 35.2 Å². The molecule has 0 saturated heterocycles. The van der Waals surface area contributed by atoms with Crippen LogP contribution in [0.2, 0.25) is 0 Å². The van der Waals surface area contributed by atoms with E-state index in [1.54, 1.807) is 7.11 Å². The molecule has 0 fully saturated rings. The van der Waals surface area contributed by atoms with E-state index in [1.165, 1.54) is 11.1 Å². The number of rotatable bonds is 6. The molecule has 2 heterocycles. The van der Waals surface area contributed by atoms with Gasteiger partial charge in [0, 0.05) is 25.2 Å². The van der Waals surface area contributed by atoms with Crippen LogP contribution in [0.3, 0.4) is 0 Å². The smallest absolute Gasteiger partial charge is 0.199 e. The maximum absolute atomic E-state index is 5.74. The Morgan fingerprint density at radius 2 is 1.89 bits per heavy atom. The van der Waals surface area contributed by atoms with E-state index < -0.39 is 0 Å². The average molecular weight is 393 g/mol. The molecule has 0 amide bonds. The van der Waals surface area contributed by atoms with Gasteiger partial charge in [0.15, 0.2) is 10.6 Å². The van der Waals surface area contributed by atoms with Crippen LogP contribution in [0.1, 0.15) is 11.1 Å². The van der Waals surface area contributed by atoms with E-state index in [1.807, 2.05) is 39.6 Å². The number of fused-ring (bicyclic) bond motifs is 1. The lowest BCUT2D eigenvalue weighted by atomic mass is 10.0. The van der Waals surface area contributed by atoms with Crippen LogP contribution in [0.25, 0.3) is 11.4 Å². The summed E-state index contributed by atoms with van der Waals surface area (Å²) in [6.07, 6.45) is 2.91. The highest BCUT2D eigenvalue weighted by Gasteiger charge is 2.18. The van der Waals surface area contributed by atoms with Gasteiger partial charge in [-0.15, -0.1) is 6.58 Å². The van der Waals surface area contributed by atoms with Crippen molar-refractivity contribution in [3.63, 3.8) is 0 Å². The molecular formula is C22H24N4OS. The Morgan fingerprint density at radius 3 is 2.61 bits per heavy atom. The number of allylic oxidation sites excluding steroid dienone is 1. The lowest BCUT2D eigenvalue weighted by molar-refractivity contribution is 0.188. The summed E-state index contributed by atoms with van der Waals surface area (Å²) in [7, 11) is 1.67. The van der Waals surface area contributed by atoms with Crippen LogP contribution in [0, 0.1) is 4.77 Å². The Hall–Kier alpha value is -2.70. The zero-order chi connectivity index (χ0) is 19.5. The van der Waals surface area contributed by atoms with Gasteiger partial charge in [0.25, 0.3) is 0 Å². The molecule has 2 aromatic carbocycles. The first kappa shape index (κ1) is 18.7. The fourth-order valence-electron chi connectivity index (χ4n) is 3.64. The second-order valence-corrected chi connectivity index (χ2v) is 7.31. The number of hydrogen-bond acceptors (Lipinski definition) is 4. The third kappa shape index (κ3) is 3.66. The standard InChI is InChI=1S/C22H24N4OS/c1-3-13-25-21(18-8-10-20(27-2)11-9-18)23-26(22(25)28)16-24-14-12-17-6-4-5-7-19(17)15-24/h3-11H,1,12-16H2,2H3. The number of aromatic nitrogens is 3. The van der Waals surface area contributed by atoms with Gasteiger partial charge in [-0.05, 0) is 54.0 Å². The van der Waals surface area contributed by atoms with Gasteiger partial charge in [0.1, 0.15) is 5.75 Å². The van der Waals surface area contributed by atoms with Crippen molar-refractivity contribution in [1.82, 2.24) is 19.2 Å². The van der Waals surface area contributed by atoms with Crippen molar-refractivity contribution in [2.75, 3.05) is 13.7 Å². The van der Waals surface area contributed by atoms with Crippen molar-refractivity contribution in [3.8, 4) is 17.1 Å². The van der Waals surface area contributed by atoms with Crippen molar-refractivity contribution in [1.29, 1.82) is 0 Å². The highest BCUT2D eigenvalue weighted by molar-refractivity contribution is 7.71. The molecule has 1 aromatic heterocycles. The summed E-state index contributed by atoms with van der Waals surface area (Å²) in [5.74, 6) is 1.67. The highest BCUT2D eigenvalue weighted by atomic mass is 32.1. The van der Waals surface area contributed by atoms with Crippen molar-refractivity contribution in [3.05, 3.63) is 77.1 Å². The van der Waals surface area contributed by atoms with Gasteiger partial charge in [-0.3, -0.25) is 9.47 Å². The third-order valence-corrected chi connectivity index (χ3v) is 5.56. The normalized spacial score (nSPS) is 13.9. The fourth-order valence-corrected chi connectivity index (χ4v) is 3.90. The van der Waals surface area contributed by atoms with Crippen LogP contribution in [0.4, 0.5) is 0 Å². The Bertz CT molecular complexity index is 1040. The van der Waals surface area contributed by atoms with Crippen LogP contribution >= 0.6 is 12.2 Å². The van der Waals surface area contributed by atoms with E-state index in [-0.39, 0.29) is 0 Å². The van der Waals surface area contributed by atoms with Crippen LogP contribution in [0.15, 0.2) is 61.2 Å². The summed E-state index contributed by atoms with van der Waals surface area (Å²) < 4.78 is 9.93. The monoisotopic (exact) mass is 392 g/mol. The van der Waals surface area contributed by atoms with Crippen molar-refractivity contribution < 1.29 is 4.74 Å². The van der Waals surface area contributed by atoms with E-state index in [0.717, 1.165) is 36.6 Å². The molecule has 0 N–H and O–H groups in total. The SMILES string of the molecule is C=CCn1c(-c2ccc(OC)cc2)nn(CN2CCc3ccccc3C2)c1=S. The minimum atomic E-state index is 0.628. The molecule has 6 heteroatoms. The first-order valence-corrected chi connectivity index (χ1v) is 9.82. The maximum atomic E-state index is 5.74. The van der Waals surface area contributed by atoms with Gasteiger partial charge in [0.2, 0.25) is 0 Å². The van der Waals surface area contributed by atoms with Crippen LogP contribution in [-0.2, 0) is 26.2 Å². The number of ether oxygens (including phenoxy) is 1.